The van der Waals surface area contributed by atoms with Gasteiger partial charge in [0.1, 0.15) is 0 Å². The quantitative estimate of drug-likeness (QED) is 0.606. The number of rotatable bonds is 1. The number of nitrogens with one attached hydrogen (secondary N) is 1. The molecule has 0 aliphatic rings. The van der Waals surface area contributed by atoms with E-state index in [9.17, 15) is 0 Å². The van der Waals surface area contributed by atoms with Gasteiger partial charge in [-0.2, -0.15) is 0 Å². The normalized spacial score (nSPS) is 14.4. The molecule has 0 spiro atoms. The van der Waals surface area contributed by atoms with Crippen molar-refractivity contribution >= 4 is 8.52 Å². The molecule has 2 nitrogen and oxygen atoms in total. The van der Waals surface area contributed by atoms with Gasteiger partial charge in [0.05, 0.1) is 14.1 Å². The summed E-state index contributed by atoms with van der Waals surface area (Å²) < 4.78 is 4.40. The summed E-state index contributed by atoms with van der Waals surface area (Å²) in [7, 11) is 0.976. The maximum absolute atomic E-state index is 4.40. The van der Waals surface area contributed by atoms with Crippen molar-refractivity contribution in [3.63, 3.8) is 0 Å². The summed E-state index contributed by atoms with van der Waals surface area (Å²) >= 11 is 0. The van der Waals surface area contributed by atoms with Crippen molar-refractivity contribution in [2.45, 2.75) is 52.6 Å². The molecule has 0 fully saturated rings. The maximum atomic E-state index is 4.40. The topological polar surface area (TPSA) is 24.4 Å². The molecule has 0 bridgehead atoms. The van der Waals surface area contributed by atoms with Gasteiger partial charge in [0.15, 0.2) is 0 Å². The van der Waals surface area contributed by atoms with E-state index in [-0.39, 0.29) is 11.1 Å². The van der Waals surface area contributed by atoms with Crippen LogP contribution in [0.1, 0.15) is 41.5 Å². The molecule has 0 rings (SSSR count). The van der Waals surface area contributed by atoms with Gasteiger partial charge in [0.25, 0.3) is 0 Å². The Hall–Kier alpha value is 0.0600. The molecule has 1 N–H and O–H groups in total. The lowest BCUT2D eigenvalue weighted by Crippen LogP contribution is -2.27. The molecule has 11 heavy (non-hydrogen) atoms. The zero-order valence-electron chi connectivity index (χ0n) is 8.39. The Balaban J connectivity index is 3.80. The minimum absolute atomic E-state index is 0.0693. The van der Waals surface area contributed by atoms with E-state index in [1.807, 2.05) is 0 Å². The highest BCUT2D eigenvalue weighted by atomic mass is 31.1. The molecule has 3 heteroatoms. The van der Waals surface area contributed by atoms with Crippen LogP contribution >= 0.6 is 8.52 Å². The molecule has 0 saturated heterocycles. The van der Waals surface area contributed by atoms with Crippen LogP contribution < -0.4 is 5.09 Å². The smallest absolute Gasteiger partial charge is 0.0914 e. The van der Waals surface area contributed by atoms with E-state index in [0.29, 0.717) is 0 Å². The van der Waals surface area contributed by atoms with E-state index in [2.05, 4.69) is 51.4 Å². The van der Waals surface area contributed by atoms with E-state index in [0.717, 1.165) is 8.52 Å². The third-order valence-electron chi connectivity index (χ3n) is 0.735. The molecule has 0 aromatic carbocycles. The molecule has 0 aromatic heterocycles. The summed E-state index contributed by atoms with van der Waals surface area (Å²) in [4.78, 5) is 0. The lowest BCUT2D eigenvalue weighted by atomic mass is 10.1. The van der Waals surface area contributed by atoms with Crippen LogP contribution in [-0.2, 0) is 0 Å². The van der Waals surface area contributed by atoms with Gasteiger partial charge in [-0.3, -0.25) is 5.09 Å². The van der Waals surface area contributed by atoms with Gasteiger partial charge in [0.2, 0.25) is 0 Å². The van der Waals surface area contributed by atoms with Crippen LogP contribution in [-0.4, -0.2) is 11.1 Å². The summed E-state index contributed by atoms with van der Waals surface area (Å²) in [6.07, 6.45) is 0. The van der Waals surface area contributed by atoms with E-state index in [1.54, 1.807) is 0 Å². The van der Waals surface area contributed by atoms with E-state index < -0.39 is 0 Å². The number of nitrogens with zero attached hydrogens (tertiary/aromatic N) is 1. The number of hydrogen-bond acceptors (Lipinski definition) is 1. The van der Waals surface area contributed by atoms with Crippen LogP contribution in [0, 0.1) is 0 Å². The molecule has 66 valence electrons. The Morgan fingerprint density at radius 3 is 1.73 bits per heavy atom. The van der Waals surface area contributed by atoms with E-state index >= 15 is 0 Å². The predicted molar refractivity (Wildman–Crippen MR) is 52.0 cm³/mol. The third kappa shape index (κ3) is 10.1. The van der Waals surface area contributed by atoms with Crippen LogP contribution in [0.15, 0.2) is 4.74 Å². The summed E-state index contributed by atoms with van der Waals surface area (Å²) in [5, 5.41) is 3.28. The molecular weight excluding hydrogens is 155 g/mol. The minimum Gasteiger partial charge on any atom is -0.250 e. The summed E-state index contributed by atoms with van der Waals surface area (Å²) in [5.74, 6) is 0. The van der Waals surface area contributed by atoms with Crippen molar-refractivity contribution in [2.75, 3.05) is 0 Å². The van der Waals surface area contributed by atoms with E-state index in [4.69, 9.17) is 0 Å². The Morgan fingerprint density at radius 2 is 1.45 bits per heavy atom. The standard InChI is InChI=1S/C8H19N2P/c1-7(2,3)9-11-10-8(4,5)6/h1-6H3,(H,9,10). The van der Waals surface area contributed by atoms with Crippen molar-refractivity contribution in [3.05, 3.63) is 0 Å². The molecule has 0 aliphatic heterocycles. The van der Waals surface area contributed by atoms with Crippen LogP contribution in [0.2, 0.25) is 0 Å². The second-order valence-electron chi connectivity index (χ2n) is 4.73. The molecule has 0 amide bonds. The zero-order valence-corrected chi connectivity index (χ0v) is 9.29. The zero-order chi connectivity index (χ0) is 9.12. The Labute approximate surface area is 71.7 Å². The van der Waals surface area contributed by atoms with Crippen LogP contribution in [0.5, 0.6) is 0 Å². The first-order valence-electron chi connectivity index (χ1n) is 3.90. The molecule has 0 radical (unpaired) electrons. The van der Waals surface area contributed by atoms with Crippen molar-refractivity contribution in [3.8, 4) is 0 Å². The van der Waals surface area contributed by atoms with Gasteiger partial charge in [-0.1, -0.05) is 0 Å². The lowest BCUT2D eigenvalue weighted by molar-refractivity contribution is 0.528. The van der Waals surface area contributed by atoms with Crippen LogP contribution in [0.3, 0.4) is 0 Å². The second-order valence-corrected chi connectivity index (χ2v) is 5.36. The summed E-state index contributed by atoms with van der Waals surface area (Å²) in [6, 6.07) is 0. The average molecular weight is 174 g/mol. The van der Waals surface area contributed by atoms with Gasteiger partial charge in [-0.25, -0.2) is 4.74 Å². The lowest BCUT2D eigenvalue weighted by Gasteiger charge is -2.17. The minimum atomic E-state index is 0.0693. The number of hydrogen-bond donors (Lipinski definition) is 1. The van der Waals surface area contributed by atoms with Crippen LogP contribution in [0.4, 0.5) is 0 Å². The Kier molecular flexibility index (Phi) is 3.66. The largest absolute Gasteiger partial charge is 0.250 e. The van der Waals surface area contributed by atoms with Crippen molar-refractivity contribution in [2.24, 2.45) is 4.74 Å². The molecular formula is C8H19N2P. The third-order valence-corrected chi connectivity index (χ3v) is 2.21. The van der Waals surface area contributed by atoms with Gasteiger partial charge in [-0.05, 0) is 41.5 Å². The molecule has 0 atom stereocenters. The molecule has 0 aromatic rings. The van der Waals surface area contributed by atoms with Crippen molar-refractivity contribution in [1.82, 2.24) is 5.09 Å². The fraction of sp³-hybridized carbons (Fsp3) is 1.00. The highest BCUT2D eigenvalue weighted by molar-refractivity contribution is 7.24. The fourth-order valence-electron chi connectivity index (χ4n) is 0.325. The highest BCUT2D eigenvalue weighted by Crippen LogP contribution is 2.14. The fourth-order valence-corrected chi connectivity index (χ4v) is 0.975. The summed E-state index contributed by atoms with van der Waals surface area (Å²) in [6.45, 7) is 12.7. The van der Waals surface area contributed by atoms with Gasteiger partial charge in [0, 0.05) is 5.54 Å². The highest BCUT2D eigenvalue weighted by Gasteiger charge is 2.09. The molecule has 0 saturated carbocycles. The first-order chi connectivity index (χ1) is 4.71. The van der Waals surface area contributed by atoms with Gasteiger partial charge in [-0.15, -0.1) is 0 Å². The SMILES string of the molecule is CC(C)(C)N=PNC(C)(C)C. The Bertz CT molecular complexity index is 139. The predicted octanol–water partition coefficient (Wildman–Crippen LogP) is 3.22. The van der Waals surface area contributed by atoms with Crippen molar-refractivity contribution < 1.29 is 0 Å². The van der Waals surface area contributed by atoms with Gasteiger partial charge < -0.3 is 0 Å². The average Bonchev–Trinajstić information content (AvgIpc) is 1.55. The summed E-state index contributed by atoms with van der Waals surface area (Å²) in [5.41, 5.74) is 0.232. The first-order valence-corrected chi connectivity index (χ1v) is 4.74. The van der Waals surface area contributed by atoms with Crippen LogP contribution in [0.25, 0.3) is 0 Å². The maximum Gasteiger partial charge on any atom is 0.0914 e. The second kappa shape index (κ2) is 3.64. The van der Waals surface area contributed by atoms with Gasteiger partial charge >= 0.3 is 0 Å². The molecule has 0 aliphatic carbocycles. The van der Waals surface area contributed by atoms with Crippen molar-refractivity contribution in [1.29, 1.82) is 0 Å². The monoisotopic (exact) mass is 174 g/mol. The molecule has 0 unspecified atom stereocenters. The molecule has 0 heterocycles. The first kappa shape index (κ1) is 11.1. The van der Waals surface area contributed by atoms with E-state index in [1.165, 1.54) is 0 Å². The Morgan fingerprint density at radius 1 is 1.00 bits per heavy atom.